The number of hydrogen-bond donors (Lipinski definition) is 1. The van der Waals surface area contributed by atoms with E-state index in [0.29, 0.717) is 74.1 Å². The highest BCUT2D eigenvalue weighted by Crippen LogP contribution is 2.30. The van der Waals surface area contributed by atoms with Gasteiger partial charge in [0.25, 0.3) is 17.4 Å². The predicted octanol–water partition coefficient (Wildman–Crippen LogP) is 6.16. The highest BCUT2D eigenvalue weighted by molar-refractivity contribution is 5.96. The minimum Gasteiger partial charge on any atom is -0.338 e. The maximum absolute atomic E-state index is 15.3. The van der Waals surface area contributed by atoms with Gasteiger partial charge in [0, 0.05) is 83.8 Å². The number of halogens is 6. The van der Waals surface area contributed by atoms with Crippen molar-refractivity contribution in [2.75, 3.05) is 78.5 Å². The molecule has 17 heteroatoms. The van der Waals surface area contributed by atoms with Crippen molar-refractivity contribution >= 4 is 28.5 Å². The maximum Gasteiger partial charge on any atom is 0.393 e. The molecular formula is C47H47F6N7O4. The zero-order chi connectivity index (χ0) is 45.1. The molecule has 0 spiro atoms. The number of carbonyl (C=O) groups excluding carboxylic acids is 3. The smallest absolute Gasteiger partial charge is 0.338 e. The highest BCUT2D eigenvalue weighted by atomic mass is 19.4. The summed E-state index contributed by atoms with van der Waals surface area (Å²) in [7, 11) is 0. The van der Waals surface area contributed by atoms with Crippen molar-refractivity contribution in [3.05, 3.63) is 135 Å². The number of hydrogen-bond acceptors (Lipinski definition) is 7. The Hall–Kier alpha value is -6.07. The number of amides is 3. The highest BCUT2D eigenvalue weighted by Gasteiger charge is 2.32. The second-order valence-corrected chi connectivity index (χ2v) is 16.8. The second-order valence-electron chi connectivity index (χ2n) is 16.8. The predicted molar refractivity (Wildman–Crippen MR) is 227 cm³/mol. The Labute approximate surface area is 365 Å². The Morgan fingerprint density at radius 2 is 1.28 bits per heavy atom. The first kappa shape index (κ1) is 44.5. The van der Waals surface area contributed by atoms with Crippen molar-refractivity contribution in [3.8, 4) is 11.1 Å². The van der Waals surface area contributed by atoms with Gasteiger partial charge in [-0.25, -0.2) is 18.3 Å². The van der Waals surface area contributed by atoms with E-state index >= 15 is 13.2 Å². The molecule has 4 aromatic carbocycles. The first-order valence-corrected chi connectivity index (χ1v) is 21.4. The van der Waals surface area contributed by atoms with E-state index in [4.69, 9.17) is 0 Å². The van der Waals surface area contributed by atoms with Gasteiger partial charge in [0.1, 0.15) is 23.0 Å². The Kier molecular flexibility index (Phi) is 13.2. The molecule has 1 aromatic heterocycles. The molecule has 3 amide bonds. The van der Waals surface area contributed by atoms with Gasteiger partial charge in [-0.3, -0.25) is 24.1 Å². The van der Waals surface area contributed by atoms with Gasteiger partial charge < -0.3 is 19.6 Å². The summed E-state index contributed by atoms with van der Waals surface area (Å²) >= 11 is 0. The Morgan fingerprint density at radius 1 is 0.641 bits per heavy atom. The van der Waals surface area contributed by atoms with Crippen LogP contribution in [0.1, 0.15) is 50.4 Å². The van der Waals surface area contributed by atoms with Crippen LogP contribution in [0.4, 0.5) is 26.3 Å². The van der Waals surface area contributed by atoms with Gasteiger partial charge in [0.15, 0.2) is 0 Å². The standard InChI is InChI=1S/C47H47F6N7O4/c48-38-9-8-31(24-41-35-6-1-2-7-36(35)44(62)55-54-41)23-37(38)45(63)60-20-18-58(19-21-60)42(61)29-57-16-14-56(15-17-57)28-30-10-12-59(13-11-30)46(64)43-39(49)25-34(26-40(43)50)33-5-3-4-32(22-33)27-47(51,52)53/h1-9,22-23,25-26,30H,10-21,24,27-29H2,(H,55,62). The largest absolute Gasteiger partial charge is 0.393 e. The molecule has 64 heavy (non-hydrogen) atoms. The number of benzene rings is 4. The van der Waals surface area contributed by atoms with E-state index in [1.54, 1.807) is 34.1 Å². The number of carbonyl (C=O) groups is 3. The normalized spacial score (nSPS) is 17.0. The summed E-state index contributed by atoms with van der Waals surface area (Å²) in [6.07, 6.45) is -4.03. The molecule has 3 aliphatic heterocycles. The quantitative estimate of drug-likeness (QED) is 0.168. The molecule has 0 atom stereocenters. The molecule has 5 aromatic rings. The Bertz CT molecular complexity index is 2570. The van der Waals surface area contributed by atoms with E-state index in [0.717, 1.165) is 31.8 Å². The third kappa shape index (κ3) is 10.3. The lowest BCUT2D eigenvalue weighted by molar-refractivity contribution is -0.134. The third-order valence-corrected chi connectivity index (χ3v) is 12.5. The third-order valence-electron chi connectivity index (χ3n) is 12.5. The number of alkyl halides is 3. The molecule has 0 unspecified atom stereocenters. The van der Waals surface area contributed by atoms with E-state index in [-0.39, 0.29) is 65.7 Å². The lowest BCUT2D eigenvalue weighted by atomic mass is 9.95. The van der Waals surface area contributed by atoms with Crippen LogP contribution in [0.25, 0.3) is 21.9 Å². The SMILES string of the molecule is O=C(CN1CCN(CC2CCN(C(=O)c3c(F)cc(-c4cccc(CC(F)(F)F)c4)cc3F)CC2)CC1)N1CCN(C(=O)c2cc(Cc3n[nH]c(=O)c4ccccc34)ccc2F)CC1. The number of nitrogens with one attached hydrogen (secondary N) is 1. The van der Waals surface area contributed by atoms with Gasteiger partial charge >= 0.3 is 6.18 Å². The minimum atomic E-state index is -4.43. The van der Waals surface area contributed by atoms with Crippen molar-refractivity contribution in [3.63, 3.8) is 0 Å². The molecular weight excluding hydrogens is 841 g/mol. The molecule has 4 heterocycles. The van der Waals surface area contributed by atoms with Gasteiger partial charge in [-0.05, 0) is 71.3 Å². The molecule has 0 radical (unpaired) electrons. The van der Waals surface area contributed by atoms with Crippen LogP contribution in [0.15, 0.2) is 83.7 Å². The fraction of sp³-hybridized carbons (Fsp3) is 0.383. The number of rotatable bonds is 10. The van der Waals surface area contributed by atoms with Gasteiger partial charge in [0.05, 0.1) is 29.6 Å². The molecule has 11 nitrogen and oxygen atoms in total. The van der Waals surface area contributed by atoms with Crippen molar-refractivity contribution in [1.82, 2.24) is 34.7 Å². The fourth-order valence-electron chi connectivity index (χ4n) is 8.97. The molecule has 336 valence electrons. The zero-order valence-corrected chi connectivity index (χ0v) is 35.0. The molecule has 3 saturated heterocycles. The molecule has 1 N–H and O–H groups in total. The number of piperidine rings is 1. The number of aromatic amines is 1. The van der Waals surface area contributed by atoms with Crippen LogP contribution in [0, 0.1) is 23.4 Å². The molecule has 3 fully saturated rings. The van der Waals surface area contributed by atoms with Crippen LogP contribution in [0.5, 0.6) is 0 Å². The maximum atomic E-state index is 15.3. The van der Waals surface area contributed by atoms with Crippen molar-refractivity contribution in [2.45, 2.75) is 31.9 Å². The van der Waals surface area contributed by atoms with Gasteiger partial charge in [0.2, 0.25) is 5.91 Å². The summed E-state index contributed by atoms with van der Waals surface area (Å²) < 4.78 is 84.2. The monoisotopic (exact) mass is 887 g/mol. The van der Waals surface area contributed by atoms with Crippen LogP contribution < -0.4 is 5.56 Å². The Balaban J connectivity index is 0.763. The average molecular weight is 888 g/mol. The van der Waals surface area contributed by atoms with E-state index in [2.05, 4.69) is 20.0 Å². The molecule has 3 aliphatic rings. The number of likely N-dealkylation sites (tertiary alicyclic amines) is 1. The van der Waals surface area contributed by atoms with Gasteiger partial charge in [-0.15, -0.1) is 0 Å². The summed E-state index contributed by atoms with van der Waals surface area (Å²) in [5.74, 6) is -3.77. The molecule has 0 aliphatic carbocycles. The van der Waals surface area contributed by atoms with Crippen molar-refractivity contribution in [2.24, 2.45) is 5.92 Å². The molecule has 8 rings (SSSR count). The van der Waals surface area contributed by atoms with Crippen LogP contribution in [0.3, 0.4) is 0 Å². The van der Waals surface area contributed by atoms with Crippen molar-refractivity contribution < 1.29 is 40.7 Å². The van der Waals surface area contributed by atoms with E-state index < -0.39 is 47.4 Å². The Morgan fingerprint density at radius 3 is 1.97 bits per heavy atom. The van der Waals surface area contributed by atoms with E-state index in [9.17, 15) is 32.3 Å². The average Bonchev–Trinajstić information content (AvgIpc) is 3.28. The summed E-state index contributed by atoms with van der Waals surface area (Å²) in [5.41, 5.74) is 0.421. The van der Waals surface area contributed by atoms with E-state index in [1.165, 1.54) is 41.3 Å². The van der Waals surface area contributed by atoms with Crippen LogP contribution in [-0.2, 0) is 17.6 Å². The summed E-state index contributed by atoms with van der Waals surface area (Å²) in [4.78, 5) is 61.5. The number of fused-ring (bicyclic) bond motifs is 1. The van der Waals surface area contributed by atoms with Crippen molar-refractivity contribution in [1.29, 1.82) is 0 Å². The van der Waals surface area contributed by atoms with Crippen LogP contribution >= 0.6 is 0 Å². The number of piperazine rings is 2. The van der Waals surface area contributed by atoms with Crippen LogP contribution in [-0.4, -0.2) is 137 Å². The summed E-state index contributed by atoms with van der Waals surface area (Å²) in [6, 6.07) is 18.8. The molecule has 0 saturated carbocycles. The zero-order valence-electron chi connectivity index (χ0n) is 35.0. The minimum absolute atomic E-state index is 0.0379. The lowest BCUT2D eigenvalue weighted by Gasteiger charge is -2.40. The number of H-pyrrole nitrogens is 1. The van der Waals surface area contributed by atoms with Gasteiger partial charge in [-0.2, -0.15) is 18.3 Å². The summed E-state index contributed by atoms with van der Waals surface area (Å²) in [6.45, 7) is 5.72. The first-order valence-electron chi connectivity index (χ1n) is 21.4. The van der Waals surface area contributed by atoms with Gasteiger partial charge in [-0.1, -0.05) is 48.5 Å². The fourth-order valence-corrected chi connectivity index (χ4v) is 8.97. The van der Waals surface area contributed by atoms with E-state index in [1.807, 2.05) is 6.07 Å². The van der Waals surface area contributed by atoms with Crippen LogP contribution in [0.2, 0.25) is 0 Å². The second kappa shape index (κ2) is 19.0. The number of nitrogens with zero attached hydrogens (tertiary/aromatic N) is 6. The topological polar surface area (TPSA) is 113 Å². The number of aromatic nitrogens is 2. The lowest BCUT2D eigenvalue weighted by Crippen LogP contribution is -2.55. The first-order chi connectivity index (χ1) is 30.7. The molecule has 0 bridgehead atoms. The summed E-state index contributed by atoms with van der Waals surface area (Å²) in [5, 5.41) is 7.88.